The molecule has 0 saturated carbocycles. The van der Waals surface area contributed by atoms with Crippen LogP contribution in [0.1, 0.15) is 61.2 Å². The molecule has 1 fully saturated rings. The number of hydrogen-bond acceptors (Lipinski definition) is 5. The summed E-state index contributed by atoms with van der Waals surface area (Å²) in [6.07, 6.45) is 5.81. The number of unbranched alkanes of at least 4 members (excludes halogenated alkanes) is 1. The molecule has 0 atom stereocenters. The molecule has 7 nitrogen and oxygen atoms in total. The highest BCUT2D eigenvalue weighted by molar-refractivity contribution is 14.1. The monoisotopic (exact) mass is 685 g/mol. The van der Waals surface area contributed by atoms with Crippen LogP contribution >= 0.6 is 22.6 Å². The number of aromatic nitrogens is 2. The zero-order valence-corrected chi connectivity index (χ0v) is 28.7. The molecule has 1 saturated heterocycles. The lowest BCUT2D eigenvalue weighted by Gasteiger charge is -2.36. The summed E-state index contributed by atoms with van der Waals surface area (Å²) in [5.74, 6) is 0. The number of benzene rings is 2. The number of nitrogens with zero attached hydrogens (tertiary/aromatic N) is 1. The quantitative estimate of drug-likeness (QED) is 0.0697. The smallest absolute Gasteiger partial charge is 0.326 e. The molecule has 40 heavy (non-hydrogen) atoms. The number of aryl methyl sites for hydroxylation is 1. The van der Waals surface area contributed by atoms with Gasteiger partial charge in [-0.25, -0.2) is 4.79 Å². The number of H-pyrrole nitrogens is 1. The van der Waals surface area contributed by atoms with Gasteiger partial charge in [0.1, 0.15) is 0 Å². The maximum Gasteiger partial charge on any atom is 0.326 e. The predicted octanol–water partition coefficient (Wildman–Crippen LogP) is 8.07. The minimum absolute atomic E-state index is 0.0384. The Kier molecular flexibility index (Phi) is 16.6. The van der Waals surface area contributed by atoms with Gasteiger partial charge in [0, 0.05) is 34.3 Å². The number of fused-ring (bicyclic) bond motifs is 1. The first-order valence-corrected chi connectivity index (χ1v) is 18.7. The molecule has 0 amide bonds. The van der Waals surface area contributed by atoms with Gasteiger partial charge in [-0.2, -0.15) is 0 Å². The molecule has 1 aliphatic heterocycles. The van der Waals surface area contributed by atoms with E-state index in [9.17, 15) is 4.79 Å². The summed E-state index contributed by atoms with van der Waals surface area (Å²) in [5.41, 5.74) is 9.44. The van der Waals surface area contributed by atoms with Gasteiger partial charge in [-0.15, -0.1) is 0 Å². The summed E-state index contributed by atoms with van der Waals surface area (Å²) in [6, 6.07) is 15.6. The lowest BCUT2D eigenvalue weighted by Crippen LogP contribution is -2.41. The second-order valence-corrected chi connectivity index (χ2v) is 16.1. The number of hydrogen-bond donors (Lipinski definition) is 3. The van der Waals surface area contributed by atoms with Gasteiger partial charge in [-0.05, 0) is 73.0 Å². The van der Waals surface area contributed by atoms with Crippen molar-refractivity contribution in [3.8, 4) is 0 Å². The first kappa shape index (κ1) is 34.4. The van der Waals surface area contributed by atoms with E-state index in [0.29, 0.717) is 18.1 Å². The highest BCUT2D eigenvalue weighted by Crippen LogP contribution is 2.36. The van der Waals surface area contributed by atoms with E-state index >= 15 is 0 Å². The van der Waals surface area contributed by atoms with Crippen LogP contribution in [0.3, 0.4) is 0 Å². The highest BCUT2D eigenvalue weighted by Gasteiger charge is 2.36. The average molecular weight is 686 g/mol. The van der Waals surface area contributed by atoms with Crippen molar-refractivity contribution in [1.82, 2.24) is 9.55 Å². The Morgan fingerprint density at radius 3 is 2.33 bits per heavy atom. The first-order valence-electron chi connectivity index (χ1n) is 15.0. The topological polar surface area (TPSA) is 94.3 Å². The van der Waals surface area contributed by atoms with Crippen molar-refractivity contribution in [2.75, 3.05) is 42.3 Å². The van der Waals surface area contributed by atoms with Crippen molar-refractivity contribution in [2.45, 2.75) is 84.5 Å². The number of anilines is 2. The molecule has 4 rings (SSSR count). The van der Waals surface area contributed by atoms with Crippen molar-refractivity contribution in [3.63, 3.8) is 0 Å². The fraction of sp³-hybridized carbons (Fsp3) is 0.581. The van der Waals surface area contributed by atoms with Gasteiger partial charge in [-0.1, -0.05) is 81.0 Å². The van der Waals surface area contributed by atoms with Gasteiger partial charge in [0.05, 0.1) is 22.4 Å². The van der Waals surface area contributed by atoms with Crippen LogP contribution in [0.25, 0.3) is 11.0 Å². The highest BCUT2D eigenvalue weighted by atomic mass is 127. The van der Waals surface area contributed by atoms with Crippen LogP contribution in [-0.4, -0.2) is 49.1 Å². The minimum Gasteiger partial charge on any atom is -0.417 e. The molecule has 0 bridgehead atoms. The number of nitrogens with two attached hydrogens (primary N) is 1. The molecule has 1 aromatic heterocycles. The Bertz CT molecular complexity index is 1150. The maximum absolute atomic E-state index is 12.0. The van der Waals surface area contributed by atoms with Crippen LogP contribution in [0, 0.1) is 0 Å². The molecule has 2 aromatic carbocycles. The van der Waals surface area contributed by atoms with Gasteiger partial charge in [-0.3, -0.25) is 4.57 Å². The lowest BCUT2D eigenvalue weighted by atomic mass is 10.2. The summed E-state index contributed by atoms with van der Waals surface area (Å²) in [5, 5.41) is 3.52. The van der Waals surface area contributed by atoms with Crippen LogP contribution in [0.15, 0.2) is 53.3 Å². The largest absolute Gasteiger partial charge is 0.417 e. The second-order valence-electron chi connectivity index (χ2n) is 11.2. The molecule has 4 N–H and O–H groups in total. The van der Waals surface area contributed by atoms with E-state index in [2.05, 4.69) is 51.1 Å². The Balaban J connectivity index is 0.000000350. The van der Waals surface area contributed by atoms with Crippen LogP contribution in [0.4, 0.5) is 11.4 Å². The summed E-state index contributed by atoms with van der Waals surface area (Å²) in [4.78, 5) is 15.3. The van der Waals surface area contributed by atoms with E-state index in [1.807, 2.05) is 71.1 Å². The van der Waals surface area contributed by atoms with Crippen LogP contribution in [-0.2, 0) is 15.7 Å². The Morgan fingerprint density at radius 1 is 1.12 bits per heavy atom. The molecule has 9 heteroatoms. The fourth-order valence-corrected chi connectivity index (χ4v) is 4.75. The molecular weight excluding hydrogens is 631 g/mol. The van der Waals surface area contributed by atoms with Crippen molar-refractivity contribution >= 4 is 53.3 Å². The third-order valence-electron chi connectivity index (χ3n) is 7.11. The number of ether oxygens (including phenoxy) is 1. The molecular formula is C31H53IN4O3Si. The summed E-state index contributed by atoms with van der Waals surface area (Å²) in [7, 11) is -1.69. The van der Waals surface area contributed by atoms with Crippen molar-refractivity contribution < 1.29 is 10.5 Å². The third-order valence-corrected chi connectivity index (χ3v) is 11.6. The number of nitrogens with one attached hydrogen (secondary N) is 2. The molecule has 3 aromatic rings. The average Bonchev–Trinajstić information content (AvgIpc) is 3.60. The zero-order chi connectivity index (χ0) is 30.7. The standard InChI is InChI=1S/C16H26N2O2Si.C10H16N2.C4H8O.CH3I/c1-16(2,3)21(4,5)20-12-8-11-18-14-10-7-6-9-13(14)17-15(18)19;1-2-3-8-12-10-7-5-4-6-9(10)11;1-2-4-5-3-1;1-2/h6-7,9-10H,8,11-12H2,1-5H3,(H,17,19);4-7,12H,2-3,8,11H2,1H3;1-4H2;1H3/i;;;1D. The second kappa shape index (κ2) is 19.3. The van der Waals surface area contributed by atoms with Gasteiger partial charge in [0.15, 0.2) is 8.32 Å². The van der Waals surface area contributed by atoms with E-state index in [4.69, 9.17) is 16.3 Å². The molecule has 0 aliphatic carbocycles. The van der Waals surface area contributed by atoms with Crippen LogP contribution in [0.5, 0.6) is 0 Å². The number of aromatic amines is 1. The van der Waals surface area contributed by atoms with Gasteiger partial charge in [0.25, 0.3) is 0 Å². The molecule has 0 radical (unpaired) electrons. The van der Waals surface area contributed by atoms with E-state index in [-0.39, 0.29) is 10.7 Å². The Hall–Kier alpha value is -1.82. The summed E-state index contributed by atoms with van der Waals surface area (Å²) >= 11 is 1.96. The summed E-state index contributed by atoms with van der Waals surface area (Å²) in [6.45, 7) is 17.8. The van der Waals surface area contributed by atoms with Gasteiger partial charge in [0.2, 0.25) is 0 Å². The first-order chi connectivity index (χ1) is 19.5. The number of alkyl halides is 1. The number of nitrogen functional groups attached to an aromatic ring is 1. The van der Waals surface area contributed by atoms with E-state index in [0.717, 1.165) is 48.6 Å². The van der Waals surface area contributed by atoms with E-state index in [1.54, 1.807) is 4.57 Å². The van der Waals surface area contributed by atoms with Crippen molar-refractivity contribution in [1.29, 1.82) is 0 Å². The minimum atomic E-state index is -1.69. The molecule has 0 unspecified atom stereocenters. The molecule has 1 aliphatic rings. The van der Waals surface area contributed by atoms with Crippen molar-refractivity contribution in [2.24, 2.45) is 0 Å². The Morgan fingerprint density at radius 2 is 1.75 bits per heavy atom. The molecule has 0 spiro atoms. The maximum atomic E-state index is 12.0. The molecule has 2 heterocycles. The van der Waals surface area contributed by atoms with Crippen molar-refractivity contribution in [3.05, 3.63) is 59.0 Å². The molecule has 226 valence electrons. The number of rotatable bonds is 9. The summed E-state index contributed by atoms with van der Waals surface area (Å²) < 4.78 is 19.1. The predicted molar refractivity (Wildman–Crippen MR) is 185 cm³/mol. The van der Waals surface area contributed by atoms with Crippen LogP contribution in [0.2, 0.25) is 18.1 Å². The van der Waals surface area contributed by atoms with Crippen LogP contribution < -0.4 is 16.7 Å². The third kappa shape index (κ3) is 12.8. The van der Waals surface area contributed by atoms with Gasteiger partial charge < -0.3 is 25.2 Å². The number of para-hydroxylation sites is 4. The van der Waals surface area contributed by atoms with Gasteiger partial charge >= 0.3 is 5.69 Å². The normalized spacial score (nSPS) is 13.2. The lowest BCUT2D eigenvalue weighted by molar-refractivity contribution is 0.198. The Labute approximate surface area is 258 Å². The fourth-order valence-electron chi connectivity index (χ4n) is 3.66. The zero-order valence-electron chi connectivity index (χ0n) is 26.5. The number of imidazole rings is 1. The number of halogens is 1. The van der Waals surface area contributed by atoms with E-state index in [1.165, 1.54) is 25.7 Å². The van der Waals surface area contributed by atoms with E-state index < -0.39 is 8.32 Å². The SMILES string of the molecule is C1CCOC1.CC(C)(C)[Si](C)(C)OCCCn1c(=O)[nH]c2ccccc21.CCCCNc1ccccc1N.[2H]CI.